The van der Waals surface area contributed by atoms with Crippen molar-refractivity contribution in [2.75, 3.05) is 70.4 Å². The number of Topliss-reactive ketones (excluding diaryl/α,β-unsaturated/α-hetero) is 3. The van der Waals surface area contributed by atoms with E-state index in [1.807, 2.05) is 63.0 Å². The molecule has 2 amide bonds. The summed E-state index contributed by atoms with van der Waals surface area (Å²) in [7, 11) is 4.52. The minimum atomic E-state index is -2.47. The Morgan fingerprint density at radius 2 is 1.46 bits per heavy atom. The lowest BCUT2D eigenvalue weighted by atomic mass is 9.78. The molecule has 2 aromatic rings. The van der Waals surface area contributed by atoms with Crippen LogP contribution in [0.3, 0.4) is 0 Å². The average Bonchev–Trinajstić information content (AvgIpc) is 0.787. The van der Waals surface area contributed by atoms with Crippen molar-refractivity contribution in [3.8, 4) is 0 Å². The molecule has 5 aliphatic rings. The molecule has 1 saturated carbocycles. The Hall–Kier alpha value is -6.63. The zero-order chi connectivity index (χ0) is 66.8. The van der Waals surface area contributed by atoms with E-state index in [2.05, 4.69) is 30.2 Å². The van der Waals surface area contributed by atoms with Crippen molar-refractivity contribution in [3.05, 3.63) is 83.5 Å². The van der Waals surface area contributed by atoms with E-state index in [0.29, 0.717) is 126 Å². The van der Waals surface area contributed by atoms with Crippen LogP contribution in [0.15, 0.2) is 72.4 Å². The van der Waals surface area contributed by atoms with Crippen molar-refractivity contribution in [3.63, 3.8) is 0 Å². The Morgan fingerprint density at radius 3 is 2.10 bits per heavy atom. The predicted octanol–water partition coefficient (Wildman–Crippen LogP) is 7.02. The van der Waals surface area contributed by atoms with Crippen LogP contribution >= 0.6 is 0 Å². The molecule has 4 aliphatic heterocycles. The van der Waals surface area contributed by atoms with Gasteiger partial charge in [0.15, 0.2) is 5.78 Å². The van der Waals surface area contributed by atoms with Gasteiger partial charge in [-0.15, -0.1) is 0 Å². The zero-order valence-corrected chi connectivity index (χ0v) is 55.8. The number of amides is 2. The number of methoxy groups -OCH3 is 3. The molecule has 0 aromatic carbocycles. The summed E-state index contributed by atoms with van der Waals surface area (Å²) in [6.07, 6.45) is 17.2. The summed E-state index contributed by atoms with van der Waals surface area (Å²) in [4.78, 5) is 121. The molecule has 3 saturated heterocycles. The number of piperidine rings is 1. The summed E-state index contributed by atoms with van der Waals surface area (Å²) in [5.41, 5.74) is 2.40. The molecule has 1 aliphatic carbocycles. The lowest BCUT2D eigenvalue weighted by molar-refractivity contribution is -0.265. The summed E-state index contributed by atoms with van der Waals surface area (Å²) >= 11 is 0. The number of carbonyl (C=O) groups is 7. The molecule has 3 N–H and O–H groups in total. The summed E-state index contributed by atoms with van der Waals surface area (Å²) in [5.74, 6) is -8.02. The molecule has 2 aromatic heterocycles. The second-order valence-electron chi connectivity index (χ2n) is 26.0. The highest BCUT2D eigenvalue weighted by atomic mass is 16.6. The fourth-order valence-corrected chi connectivity index (χ4v) is 13.3. The molecular weight excluding hydrogens is 1180 g/mol. The van der Waals surface area contributed by atoms with Gasteiger partial charge in [-0.25, -0.2) is 24.7 Å². The second kappa shape index (κ2) is 34.5. The Balaban J connectivity index is 1.02. The number of aliphatic hydroxyl groups is 2. The van der Waals surface area contributed by atoms with Crippen LogP contribution in [-0.4, -0.2) is 191 Å². The van der Waals surface area contributed by atoms with E-state index in [1.54, 1.807) is 60.4 Å². The van der Waals surface area contributed by atoms with Crippen LogP contribution in [0.4, 0.5) is 11.9 Å². The van der Waals surface area contributed by atoms with Gasteiger partial charge in [0.05, 0.1) is 23.9 Å². The van der Waals surface area contributed by atoms with E-state index >= 15 is 0 Å². The number of ether oxygens (including phenoxy) is 6. The maximum atomic E-state index is 14.7. The highest BCUT2D eigenvalue weighted by Crippen LogP contribution is 2.38. The van der Waals surface area contributed by atoms with E-state index in [-0.39, 0.29) is 61.1 Å². The smallest absolute Gasteiger partial charge is 0.329 e. The molecule has 2 bridgehead atoms. The largest absolute Gasteiger partial charge is 0.460 e. The SMILES string of the molecule is CCNC(=O)c1cnc(N2CCN(c3ncc(CCC(=O)O[C@@H]4CC[C@@H](C[C@@H](C)[C@@H]5CC(=O)[C@H](C)/C=C(\C)[C@@H](O)[C@@H](OC)C(=O)[C@H](C)C[C@H](C)/C=C/C=C/C=C(\C)[C@@H](OC)C[C@@H]6CC[C@@H](C)[C@@](O)(O6)C(=O)C(=O)N6CCCC[C@H]6C(=O)O5)C[C@H]4OC)cn3)CC2)nc1. The minimum Gasteiger partial charge on any atom is -0.460 e. The predicted molar refractivity (Wildman–Crippen MR) is 344 cm³/mol. The number of hydrogen-bond acceptors (Lipinski definition) is 21. The molecule has 6 heterocycles. The van der Waals surface area contributed by atoms with Gasteiger partial charge in [-0.1, -0.05) is 71.1 Å². The van der Waals surface area contributed by atoms with E-state index in [1.165, 1.54) is 24.4 Å². The first-order valence-corrected chi connectivity index (χ1v) is 33.1. The van der Waals surface area contributed by atoms with Gasteiger partial charge in [0, 0.05) is 122 Å². The number of piperazine rings is 1. The number of cyclic esters (lactones) is 1. The zero-order valence-electron chi connectivity index (χ0n) is 55.8. The number of anilines is 2. The summed E-state index contributed by atoms with van der Waals surface area (Å²) < 4.78 is 36.1. The Bertz CT molecular complexity index is 2950. The summed E-state index contributed by atoms with van der Waals surface area (Å²) in [6, 6.07) is -1.20. The van der Waals surface area contributed by atoms with Gasteiger partial charge in [0.1, 0.15) is 36.2 Å². The maximum Gasteiger partial charge on any atom is 0.329 e. The first-order valence-electron chi connectivity index (χ1n) is 33.1. The number of ketones is 3. The molecule has 7 rings (SSSR count). The number of carbonyl (C=O) groups excluding carboxylic acids is 7. The van der Waals surface area contributed by atoms with Gasteiger partial charge in [0.25, 0.3) is 17.6 Å². The van der Waals surface area contributed by atoms with Gasteiger partial charge in [-0.05, 0) is 126 Å². The quantitative estimate of drug-likeness (QED) is 0.0972. The van der Waals surface area contributed by atoms with Crippen molar-refractivity contribution in [2.45, 2.75) is 200 Å². The lowest BCUT2D eigenvalue weighted by Gasteiger charge is -2.42. The highest BCUT2D eigenvalue weighted by Gasteiger charge is 2.53. The maximum absolute atomic E-state index is 14.7. The van der Waals surface area contributed by atoms with Crippen LogP contribution in [0, 0.1) is 35.5 Å². The third-order valence-corrected chi connectivity index (χ3v) is 19.1. The van der Waals surface area contributed by atoms with Crippen LogP contribution in [0.5, 0.6) is 0 Å². The molecule has 0 unspecified atom stereocenters. The van der Waals surface area contributed by atoms with Gasteiger partial charge in [0.2, 0.25) is 17.7 Å². The number of aliphatic hydroxyl groups excluding tert-OH is 1. The lowest BCUT2D eigenvalue weighted by Crippen LogP contribution is -2.61. The number of hydrogen-bond donors (Lipinski definition) is 3. The van der Waals surface area contributed by atoms with E-state index in [0.717, 1.165) is 11.1 Å². The number of nitrogens with one attached hydrogen (secondary N) is 1. The molecule has 0 radical (unpaired) electrons. The Kier molecular flexibility index (Phi) is 27.3. The number of rotatable bonds is 14. The Morgan fingerprint density at radius 1 is 0.783 bits per heavy atom. The van der Waals surface area contributed by atoms with E-state index in [9.17, 15) is 43.8 Å². The first-order chi connectivity index (χ1) is 44.0. The van der Waals surface area contributed by atoms with Crippen molar-refractivity contribution in [1.29, 1.82) is 0 Å². The summed E-state index contributed by atoms with van der Waals surface area (Å²) in [6.45, 7) is 17.6. The van der Waals surface area contributed by atoms with Crippen LogP contribution < -0.4 is 15.1 Å². The van der Waals surface area contributed by atoms with Crippen LogP contribution in [-0.2, 0) is 63.6 Å². The van der Waals surface area contributed by atoms with Crippen molar-refractivity contribution in [1.82, 2.24) is 30.2 Å². The molecule has 0 spiro atoms. The number of fused-ring (bicyclic) bond motifs is 3. The van der Waals surface area contributed by atoms with Crippen LogP contribution in [0.2, 0.25) is 0 Å². The number of aromatic nitrogens is 4. The normalized spacial score (nSPS) is 32.9. The third-order valence-electron chi connectivity index (χ3n) is 19.1. The van der Waals surface area contributed by atoms with E-state index < -0.39 is 95.9 Å². The molecule has 506 valence electrons. The molecule has 4 fully saturated rings. The van der Waals surface area contributed by atoms with Crippen molar-refractivity contribution >= 4 is 53.0 Å². The molecular formula is C69H100N8O15. The highest BCUT2D eigenvalue weighted by molar-refractivity contribution is 6.39. The average molecular weight is 1280 g/mol. The Labute approximate surface area is 542 Å². The van der Waals surface area contributed by atoms with Gasteiger partial charge >= 0.3 is 11.9 Å². The fraction of sp³-hybridized carbons (Fsp3) is 0.667. The number of aryl methyl sites for hydroxylation is 1. The molecule has 23 heteroatoms. The monoisotopic (exact) mass is 1280 g/mol. The first kappa shape index (κ1) is 72.8. The van der Waals surface area contributed by atoms with Gasteiger partial charge in [-0.3, -0.25) is 28.8 Å². The topological polar surface area (TPSA) is 289 Å². The molecule has 92 heavy (non-hydrogen) atoms. The fourth-order valence-electron chi connectivity index (χ4n) is 13.3. The van der Waals surface area contributed by atoms with E-state index in [4.69, 9.17) is 28.4 Å². The van der Waals surface area contributed by atoms with Crippen molar-refractivity contribution in [2.24, 2.45) is 35.5 Å². The van der Waals surface area contributed by atoms with Crippen LogP contribution in [0.25, 0.3) is 0 Å². The third kappa shape index (κ3) is 19.3. The van der Waals surface area contributed by atoms with Crippen molar-refractivity contribution < 1.29 is 72.2 Å². The standard InChI is InChI=1S/C69H100N8O15/c1-12-70-64(83)51-40-73-68(74-41-51)76-30-28-75(29-31-76)67-71-38-50(39-72-67)23-26-59(79)90-55-25-22-49(35-58(55)88-10)34-45(5)57-37-54(78)44(4)33-47(7)61(81)62(89-11)60(80)46(6)32-42(2)18-14-13-15-19-43(3)56(87-9)36-52-24-21-48(8)69(86,92-52)63(82)65(84)77-27-17-16-20-53(77)66(85)91-57/h13-15,18-19,33,38-42,44-46,48-49,52-53,55-58,61-62,81,86H,12,16-17,20-32,34-37H2,1-11H3,(H,70,83)/b15-13+,18-14+,43-19+,47-33+/t42-,44-,45-,46-,48-,49+,52+,53+,55-,56+,57+,58-,61-,62+,69-/m1/s1. The molecule has 23 nitrogen and oxygen atoms in total. The van der Waals surface area contributed by atoms with Gasteiger partial charge < -0.3 is 58.7 Å². The second-order valence-corrected chi connectivity index (χ2v) is 26.0. The minimum absolute atomic E-state index is 0.00475. The number of esters is 2. The number of nitrogens with zero attached hydrogens (tertiary/aromatic N) is 7. The summed E-state index contributed by atoms with van der Waals surface area (Å²) in [5, 5.41) is 26.5. The number of allylic oxidation sites excluding steroid dienone is 6. The molecule has 15 atom stereocenters. The van der Waals surface area contributed by atoms with Crippen LogP contribution in [0.1, 0.15) is 155 Å². The van der Waals surface area contributed by atoms with Gasteiger partial charge in [-0.2, -0.15) is 0 Å².